The largest absolute Gasteiger partial charge is 0.465 e. The molecule has 0 aliphatic heterocycles. The van der Waals surface area contributed by atoms with Crippen molar-refractivity contribution in [3.05, 3.63) is 23.9 Å². The first kappa shape index (κ1) is 15.9. The number of carbonyl (C=O) groups is 1. The zero-order valence-electron chi connectivity index (χ0n) is 10.1. The number of nitrogens with zero attached hydrogens (tertiary/aromatic N) is 2. The minimum absolute atomic E-state index is 0.110. The molecule has 1 atom stereocenters. The maximum absolute atomic E-state index is 12.5. The second-order valence-electron chi connectivity index (χ2n) is 3.26. The first-order valence-electron chi connectivity index (χ1n) is 4.97. The maximum Gasteiger partial charge on any atom is 0.347 e. The number of hydrogen-bond donors (Lipinski definition) is 0. The molecule has 10 heteroatoms. The van der Waals surface area contributed by atoms with E-state index < -0.39 is 24.9 Å². The highest BCUT2D eigenvalue weighted by Gasteiger charge is 2.24. The van der Waals surface area contributed by atoms with Crippen LogP contribution in [0.3, 0.4) is 0 Å². The van der Waals surface area contributed by atoms with Gasteiger partial charge in [-0.25, -0.2) is 14.0 Å². The van der Waals surface area contributed by atoms with Crippen molar-refractivity contribution in [3.63, 3.8) is 0 Å². The van der Waals surface area contributed by atoms with Gasteiger partial charge in [-0.15, -0.1) is 0 Å². The Morgan fingerprint density at radius 2 is 2.11 bits per heavy atom. The Kier molecular flexibility index (Phi) is 4.88. The van der Waals surface area contributed by atoms with Crippen LogP contribution >= 0.6 is 10.7 Å². The molecule has 0 spiro atoms. The molecule has 0 N–H and O–H groups in total. The van der Waals surface area contributed by atoms with E-state index in [0.717, 1.165) is 7.11 Å². The van der Waals surface area contributed by atoms with Crippen LogP contribution < -0.4 is 0 Å². The fraction of sp³-hybridized carbons (Fsp3) is 0.333. The zero-order chi connectivity index (χ0) is 14.7. The number of aromatic nitrogens is 1. The fourth-order valence-corrected chi connectivity index (χ4v) is 4.95. The molecule has 106 valence electrons. The van der Waals surface area contributed by atoms with Crippen molar-refractivity contribution in [1.29, 1.82) is 0 Å². The number of pyridine rings is 1. The predicted molar refractivity (Wildman–Crippen MR) is 69.7 cm³/mol. The molecule has 1 heterocycles. The normalized spacial score (nSPS) is 14.5. The highest BCUT2D eigenvalue weighted by atomic mass is 35.7. The molecule has 0 bridgehead atoms. The molecule has 0 fully saturated rings. The van der Waals surface area contributed by atoms with Crippen molar-refractivity contribution < 1.29 is 22.2 Å². The molecule has 0 aromatic carbocycles. The predicted octanol–water partition coefficient (Wildman–Crippen LogP) is 1.20. The van der Waals surface area contributed by atoms with E-state index in [-0.39, 0.29) is 16.3 Å². The Labute approximate surface area is 115 Å². The lowest BCUT2D eigenvalue weighted by molar-refractivity contribution is 0.0595. The number of ether oxygens (including phenoxy) is 1. The third kappa shape index (κ3) is 3.88. The molecule has 7 nitrogen and oxygen atoms in total. The van der Waals surface area contributed by atoms with Crippen molar-refractivity contribution >= 4 is 35.6 Å². The molecule has 1 aromatic heterocycles. The van der Waals surface area contributed by atoms with Crippen LogP contribution in [0, 0.1) is 0 Å². The quantitative estimate of drug-likeness (QED) is 0.608. The van der Waals surface area contributed by atoms with Crippen molar-refractivity contribution in [2.45, 2.75) is 11.9 Å². The van der Waals surface area contributed by atoms with Crippen LogP contribution in [0.1, 0.15) is 17.3 Å². The average Bonchev–Trinajstić information content (AvgIpc) is 2.35. The van der Waals surface area contributed by atoms with E-state index >= 15 is 0 Å². The van der Waals surface area contributed by atoms with E-state index in [9.17, 15) is 17.4 Å². The molecule has 19 heavy (non-hydrogen) atoms. The van der Waals surface area contributed by atoms with Gasteiger partial charge >= 0.3 is 15.2 Å². The van der Waals surface area contributed by atoms with E-state index in [1.54, 1.807) is 0 Å². The number of carbonyl (C=O) groups excluding carboxylic acids is 1. The third-order valence-corrected chi connectivity index (χ3v) is 5.97. The summed E-state index contributed by atoms with van der Waals surface area (Å²) in [6, 6.07) is 2.75. The Bertz CT molecular complexity index is 707. The summed E-state index contributed by atoms with van der Waals surface area (Å²) >= 11 is 0. The SMILES string of the molecule is CC[S@](=O)(=NS(=O)(=O)Cl)c1ncccc1C(=O)OC. The van der Waals surface area contributed by atoms with Gasteiger partial charge in [-0.2, -0.15) is 8.42 Å². The Morgan fingerprint density at radius 3 is 2.58 bits per heavy atom. The van der Waals surface area contributed by atoms with Crippen molar-refractivity contribution in [3.8, 4) is 0 Å². The maximum atomic E-state index is 12.5. The molecular formula is C9H11ClN2O5S2. The highest BCUT2D eigenvalue weighted by Crippen LogP contribution is 2.20. The van der Waals surface area contributed by atoms with Crippen molar-refractivity contribution in [2.24, 2.45) is 3.77 Å². The van der Waals surface area contributed by atoms with E-state index in [0.29, 0.717) is 0 Å². The molecule has 0 saturated heterocycles. The molecule has 1 rings (SSSR count). The van der Waals surface area contributed by atoms with Crippen LogP contribution in [0.5, 0.6) is 0 Å². The zero-order valence-corrected chi connectivity index (χ0v) is 12.5. The number of halogens is 1. The molecule has 0 aliphatic rings. The van der Waals surface area contributed by atoms with Crippen LogP contribution in [0.25, 0.3) is 0 Å². The second kappa shape index (κ2) is 5.85. The number of esters is 1. The fourth-order valence-electron chi connectivity index (χ4n) is 1.28. The van der Waals surface area contributed by atoms with Crippen molar-refractivity contribution in [2.75, 3.05) is 12.9 Å². The van der Waals surface area contributed by atoms with Crippen LogP contribution in [-0.4, -0.2) is 36.4 Å². The van der Waals surface area contributed by atoms with E-state index in [2.05, 4.69) is 13.5 Å². The highest BCUT2D eigenvalue weighted by molar-refractivity contribution is 8.17. The minimum Gasteiger partial charge on any atom is -0.465 e. The Morgan fingerprint density at radius 1 is 1.47 bits per heavy atom. The Balaban J connectivity index is 3.66. The summed E-state index contributed by atoms with van der Waals surface area (Å²) in [5.74, 6) is -0.952. The summed E-state index contributed by atoms with van der Waals surface area (Å²) in [4.78, 5) is 15.3. The second-order valence-corrected chi connectivity index (χ2v) is 8.10. The summed E-state index contributed by atoms with van der Waals surface area (Å²) in [5.41, 5.74) is -0.110. The van der Waals surface area contributed by atoms with E-state index in [1.165, 1.54) is 25.3 Å². The molecule has 0 saturated carbocycles. The van der Waals surface area contributed by atoms with Gasteiger partial charge in [0, 0.05) is 22.6 Å². The van der Waals surface area contributed by atoms with Gasteiger partial charge in [0.1, 0.15) is 9.73 Å². The Hall–Kier alpha value is -1.19. The van der Waals surface area contributed by atoms with Gasteiger partial charge in [0.2, 0.25) is 0 Å². The third-order valence-electron chi connectivity index (χ3n) is 2.08. The summed E-state index contributed by atoms with van der Waals surface area (Å²) in [6.07, 6.45) is 1.27. The number of rotatable bonds is 4. The average molecular weight is 327 g/mol. The molecule has 0 unspecified atom stereocenters. The molecule has 0 radical (unpaired) electrons. The minimum atomic E-state index is -4.36. The van der Waals surface area contributed by atoms with Gasteiger partial charge < -0.3 is 4.74 Å². The van der Waals surface area contributed by atoms with Gasteiger partial charge in [0.25, 0.3) is 0 Å². The topological polar surface area (TPSA) is 103 Å². The number of hydrogen-bond acceptors (Lipinski definition) is 6. The molecule has 0 aliphatic carbocycles. The van der Waals surface area contributed by atoms with E-state index in [1.807, 2.05) is 0 Å². The monoisotopic (exact) mass is 326 g/mol. The first-order valence-corrected chi connectivity index (χ1v) is 8.92. The van der Waals surface area contributed by atoms with Gasteiger partial charge in [-0.05, 0) is 12.1 Å². The summed E-state index contributed by atoms with van der Waals surface area (Å²) in [6.45, 7) is 1.45. The number of methoxy groups -OCH3 is 1. The lowest BCUT2D eigenvalue weighted by Crippen LogP contribution is -2.15. The van der Waals surface area contributed by atoms with Crippen LogP contribution in [0.15, 0.2) is 27.1 Å². The van der Waals surface area contributed by atoms with Crippen LogP contribution in [0.4, 0.5) is 0 Å². The molecule has 0 amide bonds. The first-order chi connectivity index (χ1) is 8.73. The lowest BCUT2D eigenvalue weighted by atomic mass is 10.3. The summed E-state index contributed by atoms with van der Waals surface area (Å²) < 4.78 is 42.1. The molecule has 1 aromatic rings. The van der Waals surface area contributed by atoms with Gasteiger partial charge in [-0.1, -0.05) is 10.7 Å². The standard InChI is InChI=1S/C9H11ClN2O5S2/c1-3-18(14,12-19(10,15)16)8-7(9(13)17-2)5-4-6-11-8/h4-6H,3H2,1-2H3/t18-/m1/s1. The van der Waals surface area contributed by atoms with Gasteiger partial charge in [0.15, 0.2) is 5.03 Å². The molecular weight excluding hydrogens is 316 g/mol. The van der Waals surface area contributed by atoms with E-state index in [4.69, 9.17) is 10.7 Å². The smallest absolute Gasteiger partial charge is 0.347 e. The van der Waals surface area contributed by atoms with Crippen molar-refractivity contribution in [1.82, 2.24) is 4.98 Å². The summed E-state index contributed by atoms with van der Waals surface area (Å²) in [5, 5.41) is -0.256. The van der Waals surface area contributed by atoms with Gasteiger partial charge in [-0.3, -0.25) is 0 Å². The van der Waals surface area contributed by atoms with Crippen LogP contribution in [-0.2, 0) is 23.7 Å². The van der Waals surface area contributed by atoms with Gasteiger partial charge in [0.05, 0.1) is 12.7 Å². The summed E-state index contributed by atoms with van der Waals surface area (Å²) in [7, 11) is -1.68. The lowest BCUT2D eigenvalue weighted by Gasteiger charge is -2.09. The van der Waals surface area contributed by atoms with Crippen LogP contribution in [0.2, 0.25) is 0 Å².